The first-order valence-corrected chi connectivity index (χ1v) is 11.6. The summed E-state index contributed by atoms with van der Waals surface area (Å²) in [6.07, 6.45) is 6.17. The van der Waals surface area contributed by atoms with E-state index in [1.54, 1.807) is 7.11 Å². The molecule has 4 nitrogen and oxygen atoms in total. The Morgan fingerprint density at radius 2 is 1.81 bits per heavy atom. The van der Waals surface area contributed by atoms with Gasteiger partial charge in [-0.05, 0) is 60.6 Å². The van der Waals surface area contributed by atoms with E-state index < -0.39 is 0 Å². The second-order valence-corrected chi connectivity index (χ2v) is 8.80. The molecule has 1 heterocycles. The van der Waals surface area contributed by atoms with Crippen LogP contribution in [0.4, 0.5) is 5.69 Å². The lowest BCUT2D eigenvalue weighted by atomic mass is 9.97. The number of fused-ring (bicyclic) bond motifs is 1. The maximum Gasteiger partial charge on any atom is 0.163 e. The number of hydrogen-bond donors (Lipinski definition) is 1. The lowest BCUT2D eigenvalue weighted by Crippen LogP contribution is -2.51. The van der Waals surface area contributed by atoms with Gasteiger partial charge in [-0.1, -0.05) is 42.5 Å². The third-order valence-corrected chi connectivity index (χ3v) is 6.71. The minimum atomic E-state index is 0.325. The van der Waals surface area contributed by atoms with Crippen molar-refractivity contribution in [1.29, 1.82) is 0 Å². The number of nitrogens with one attached hydrogen (secondary N) is 1. The van der Waals surface area contributed by atoms with Crippen LogP contribution in [0.15, 0.2) is 60.7 Å². The fourth-order valence-electron chi connectivity index (χ4n) is 5.07. The molecule has 162 valence electrons. The number of ether oxygens (including phenoxy) is 2. The van der Waals surface area contributed by atoms with Crippen LogP contribution in [-0.2, 0) is 6.42 Å². The summed E-state index contributed by atoms with van der Waals surface area (Å²) in [5, 5.41) is 6.41. The van der Waals surface area contributed by atoms with Crippen LogP contribution in [0.1, 0.15) is 31.2 Å². The summed E-state index contributed by atoms with van der Waals surface area (Å²) in [5.41, 5.74) is 2.63. The highest BCUT2D eigenvalue weighted by Crippen LogP contribution is 2.35. The van der Waals surface area contributed by atoms with Gasteiger partial charge >= 0.3 is 0 Å². The van der Waals surface area contributed by atoms with Crippen LogP contribution < -0.4 is 19.7 Å². The van der Waals surface area contributed by atoms with E-state index in [1.807, 2.05) is 0 Å². The van der Waals surface area contributed by atoms with E-state index >= 15 is 0 Å². The van der Waals surface area contributed by atoms with E-state index in [4.69, 9.17) is 9.47 Å². The molecule has 0 spiro atoms. The summed E-state index contributed by atoms with van der Waals surface area (Å²) in [6.45, 7) is 2.97. The molecule has 1 saturated carbocycles. The second kappa shape index (κ2) is 9.19. The van der Waals surface area contributed by atoms with Crippen LogP contribution in [0.25, 0.3) is 10.8 Å². The van der Waals surface area contributed by atoms with E-state index in [0.717, 1.165) is 50.4 Å². The Bertz CT molecular complexity index is 1020. The van der Waals surface area contributed by atoms with E-state index in [9.17, 15) is 0 Å². The standard InChI is InChI=1S/C27H32N2O2/c1-30-26-14-13-23(18-27(26)31-24-10-3-4-11-24)29-16-15-28-22(19-29)17-21-9-6-8-20-7-2-5-12-25(20)21/h2,5-9,12-14,18,22,24,28H,3-4,10-11,15-17,19H2,1H3/t22-/m0/s1. The minimum Gasteiger partial charge on any atom is -0.493 e. The summed E-state index contributed by atoms with van der Waals surface area (Å²) in [5.74, 6) is 1.72. The maximum atomic E-state index is 6.33. The van der Waals surface area contributed by atoms with Crippen molar-refractivity contribution in [3.05, 3.63) is 66.2 Å². The average molecular weight is 417 g/mol. The molecule has 31 heavy (non-hydrogen) atoms. The third-order valence-electron chi connectivity index (χ3n) is 6.71. The normalized spacial score (nSPS) is 19.6. The van der Waals surface area contributed by atoms with Crippen molar-refractivity contribution in [3.8, 4) is 11.5 Å². The van der Waals surface area contributed by atoms with E-state index in [2.05, 4.69) is 70.9 Å². The maximum absolute atomic E-state index is 6.33. The molecule has 1 N–H and O–H groups in total. The molecular weight excluding hydrogens is 384 g/mol. The predicted octanol–water partition coefficient (Wildman–Crippen LogP) is 5.19. The van der Waals surface area contributed by atoms with Crippen molar-refractivity contribution in [2.45, 2.75) is 44.2 Å². The SMILES string of the molecule is COc1ccc(N2CCN[C@@H](Cc3cccc4ccccc34)C2)cc1OC1CCCC1. The fraction of sp³-hybridized carbons (Fsp3) is 0.407. The van der Waals surface area contributed by atoms with Gasteiger partial charge < -0.3 is 19.7 Å². The molecule has 5 rings (SSSR count). The molecule has 1 saturated heterocycles. The Kier molecular flexibility index (Phi) is 5.99. The number of anilines is 1. The smallest absolute Gasteiger partial charge is 0.163 e. The van der Waals surface area contributed by atoms with Crippen LogP contribution in [0.5, 0.6) is 11.5 Å². The molecular formula is C27H32N2O2. The summed E-state index contributed by atoms with van der Waals surface area (Å²) in [4.78, 5) is 2.48. The first-order chi connectivity index (χ1) is 15.3. The summed E-state index contributed by atoms with van der Waals surface area (Å²) in [6, 6.07) is 22.1. The summed E-state index contributed by atoms with van der Waals surface area (Å²) in [7, 11) is 1.72. The summed E-state index contributed by atoms with van der Waals surface area (Å²) >= 11 is 0. The van der Waals surface area contributed by atoms with Gasteiger partial charge in [0.2, 0.25) is 0 Å². The minimum absolute atomic E-state index is 0.325. The van der Waals surface area contributed by atoms with E-state index in [1.165, 1.54) is 34.9 Å². The lowest BCUT2D eigenvalue weighted by molar-refractivity contribution is 0.201. The monoisotopic (exact) mass is 416 g/mol. The van der Waals surface area contributed by atoms with Crippen LogP contribution in [0.2, 0.25) is 0 Å². The molecule has 0 unspecified atom stereocenters. The average Bonchev–Trinajstić information content (AvgIpc) is 3.33. The molecule has 0 radical (unpaired) electrons. The van der Waals surface area contributed by atoms with Gasteiger partial charge in [0.05, 0.1) is 13.2 Å². The van der Waals surface area contributed by atoms with Gasteiger partial charge in [-0.3, -0.25) is 0 Å². The summed E-state index contributed by atoms with van der Waals surface area (Å²) < 4.78 is 11.9. The van der Waals surface area contributed by atoms with Crippen LogP contribution >= 0.6 is 0 Å². The van der Waals surface area contributed by atoms with Gasteiger partial charge in [-0.25, -0.2) is 0 Å². The van der Waals surface area contributed by atoms with Crippen molar-refractivity contribution < 1.29 is 9.47 Å². The molecule has 1 aliphatic carbocycles. The van der Waals surface area contributed by atoms with Crippen molar-refractivity contribution in [1.82, 2.24) is 5.32 Å². The molecule has 0 amide bonds. The van der Waals surface area contributed by atoms with Gasteiger partial charge in [0, 0.05) is 37.4 Å². The zero-order valence-corrected chi connectivity index (χ0v) is 18.3. The molecule has 2 aliphatic rings. The van der Waals surface area contributed by atoms with Gasteiger partial charge in [-0.15, -0.1) is 0 Å². The first-order valence-electron chi connectivity index (χ1n) is 11.6. The van der Waals surface area contributed by atoms with Crippen molar-refractivity contribution in [3.63, 3.8) is 0 Å². The van der Waals surface area contributed by atoms with Gasteiger partial charge in [0.15, 0.2) is 11.5 Å². The Balaban J connectivity index is 1.33. The molecule has 0 bridgehead atoms. The lowest BCUT2D eigenvalue weighted by Gasteiger charge is -2.36. The van der Waals surface area contributed by atoms with Crippen molar-refractivity contribution >= 4 is 16.5 Å². The Hall–Kier alpha value is -2.72. The van der Waals surface area contributed by atoms with E-state index in [-0.39, 0.29) is 0 Å². The third kappa shape index (κ3) is 4.49. The quantitative estimate of drug-likeness (QED) is 0.600. The highest BCUT2D eigenvalue weighted by Gasteiger charge is 2.23. The highest BCUT2D eigenvalue weighted by atomic mass is 16.5. The zero-order valence-electron chi connectivity index (χ0n) is 18.3. The molecule has 3 aromatic rings. The van der Waals surface area contributed by atoms with E-state index in [0.29, 0.717) is 12.1 Å². The van der Waals surface area contributed by atoms with Crippen molar-refractivity contribution in [2.75, 3.05) is 31.6 Å². The number of nitrogens with zero attached hydrogens (tertiary/aromatic N) is 1. The number of benzene rings is 3. The molecule has 1 aliphatic heterocycles. The van der Waals surface area contributed by atoms with Crippen LogP contribution in [0, 0.1) is 0 Å². The van der Waals surface area contributed by atoms with Gasteiger partial charge in [0.25, 0.3) is 0 Å². The van der Waals surface area contributed by atoms with Gasteiger partial charge in [0.1, 0.15) is 0 Å². The topological polar surface area (TPSA) is 33.7 Å². The molecule has 1 atom stereocenters. The molecule has 3 aromatic carbocycles. The molecule has 4 heteroatoms. The zero-order chi connectivity index (χ0) is 21.0. The van der Waals surface area contributed by atoms with Gasteiger partial charge in [-0.2, -0.15) is 0 Å². The number of methoxy groups -OCH3 is 1. The first kappa shape index (κ1) is 20.2. The Labute approximate surface area is 185 Å². The largest absolute Gasteiger partial charge is 0.493 e. The van der Waals surface area contributed by atoms with Crippen LogP contribution in [0.3, 0.4) is 0 Å². The highest BCUT2D eigenvalue weighted by molar-refractivity contribution is 5.85. The number of rotatable bonds is 6. The molecule has 0 aromatic heterocycles. The number of piperazine rings is 1. The predicted molar refractivity (Wildman–Crippen MR) is 128 cm³/mol. The molecule has 2 fully saturated rings. The van der Waals surface area contributed by atoms with Crippen molar-refractivity contribution in [2.24, 2.45) is 0 Å². The Morgan fingerprint density at radius 1 is 0.968 bits per heavy atom. The van der Waals surface area contributed by atoms with Crippen LogP contribution in [-0.4, -0.2) is 38.9 Å². The number of hydrogen-bond acceptors (Lipinski definition) is 4. The fourth-order valence-corrected chi connectivity index (χ4v) is 5.07. The second-order valence-electron chi connectivity index (χ2n) is 8.80. The Morgan fingerprint density at radius 3 is 2.68 bits per heavy atom.